The molecule has 1 fully saturated rings. The van der Waals surface area contributed by atoms with Gasteiger partial charge in [0.25, 0.3) is 5.91 Å². The molecule has 3 rings (SSSR count). The van der Waals surface area contributed by atoms with E-state index in [2.05, 4.69) is 21.9 Å². The van der Waals surface area contributed by atoms with E-state index in [4.69, 9.17) is 0 Å². The van der Waals surface area contributed by atoms with Crippen molar-refractivity contribution in [3.63, 3.8) is 0 Å². The summed E-state index contributed by atoms with van der Waals surface area (Å²) in [6.45, 7) is 2.16. The van der Waals surface area contributed by atoms with Crippen LogP contribution in [-0.2, 0) is 13.2 Å². The van der Waals surface area contributed by atoms with E-state index in [0.717, 1.165) is 32.0 Å². The summed E-state index contributed by atoms with van der Waals surface area (Å²) in [5.41, 5.74) is -1.40. The molecule has 1 saturated carbocycles. The molecule has 0 bridgehead atoms. The Labute approximate surface area is 149 Å². The molecule has 0 spiro atoms. The van der Waals surface area contributed by atoms with Crippen LogP contribution in [0.15, 0.2) is 24.9 Å². The smallest absolute Gasteiger partial charge is 0.320 e. The Balaban J connectivity index is 1.97. The first-order valence-electron chi connectivity index (χ1n) is 8.46. The summed E-state index contributed by atoms with van der Waals surface area (Å²) in [5, 5.41) is 0. The predicted molar refractivity (Wildman–Crippen MR) is 88.5 cm³/mol. The second kappa shape index (κ2) is 7.05. The zero-order chi connectivity index (χ0) is 18.9. The number of aromatic nitrogens is 4. The summed E-state index contributed by atoms with van der Waals surface area (Å²) in [6.07, 6.45) is 2.75. The van der Waals surface area contributed by atoms with Gasteiger partial charge < -0.3 is 4.57 Å². The van der Waals surface area contributed by atoms with Gasteiger partial charge in [-0.15, -0.1) is 0 Å². The number of alkyl halides is 3. The monoisotopic (exact) mass is 367 g/mol. The topological polar surface area (TPSA) is 63.9 Å². The minimum Gasteiger partial charge on any atom is -0.320 e. The van der Waals surface area contributed by atoms with Crippen LogP contribution in [0.1, 0.15) is 48.8 Å². The average Bonchev–Trinajstić information content (AvgIpc) is 3.02. The summed E-state index contributed by atoms with van der Waals surface area (Å²) in [5.74, 6) is 0.549. The molecule has 2 aromatic heterocycles. The molecule has 0 aromatic carbocycles. The van der Waals surface area contributed by atoms with Crippen LogP contribution in [0.5, 0.6) is 0 Å². The second-order valence-corrected chi connectivity index (χ2v) is 6.74. The van der Waals surface area contributed by atoms with Crippen molar-refractivity contribution >= 4 is 11.7 Å². The lowest BCUT2D eigenvalue weighted by Gasteiger charge is -2.35. The molecule has 140 valence electrons. The molecule has 0 saturated heterocycles. The van der Waals surface area contributed by atoms with Gasteiger partial charge >= 0.3 is 6.18 Å². The van der Waals surface area contributed by atoms with Crippen LogP contribution in [-0.4, -0.2) is 31.5 Å². The summed E-state index contributed by atoms with van der Waals surface area (Å²) < 4.78 is 40.5. The van der Waals surface area contributed by atoms with Crippen molar-refractivity contribution in [2.45, 2.75) is 44.8 Å². The highest BCUT2D eigenvalue weighted by Crippen LogP contribution is 2.32. The molecule has 9 heteroatoms. The highest BCUT2D eigenvalue weighted by atomic mass is 19.4. The van der Waals surface area contributed by atoms with Gasteiger partial charge in [-0.2, -0.15) is 13.2 Å². The van der Waals surface area contributed by atoms with Crippen molar-refractivity contribution < 1.29 is 18.0 Å². The first-order chi connectivity index (χ1) is 12.3. The van der Waals surface area contributed by atoms with Crippen LogP contribution in [0.2, 0.25) is 0 Å². The maximum Gasteiger partial charge on any atom is 0.433 e. The van der Waals surface area contributed by atoms with E-state index in [1.54, 1.807) is 24.1 Å². The molecule has 0 unspecified atom stereocenters. The first kappa shape index (κ1) is 18.3. The number of halogens is 3. The Morgan fingerprint density at radius 2 is 1.92 bits per heavy atom. The van der Waals surface area contributed by atoms with Gasteiger partial charge in [0.15, 0.2) is 0 Å². The Bertz CT molecular complexity index is 781. The van der Waals surface area contributed by atoms with Crippen molar-refractivity contribution in [1.29, 1.82) is 0 Å². The maximum absolute atomic E-state index is 13.1. The zero-order valence-electron chi connectivity index (χ0n) is 14.6. The lowest BCUT2D eigenvalue weighted by molar-refractivity contribution is -0.141. The van der Waals surface area contributed by atoms with Gasteiger partial charge in [0.05, 0.1) is 12.5 Å². The van der Waals surface area contributed by atoms with Gasteiger partial charge in [-0.25, -0.2) is 15.0 Å². The van der Waals surface area contributed by atoms with Gasteiger partial charge in [0.1, 0.15) is 23.5 Å². The number of carbonyl (C=O) groups is 1. The van der Waals surface area contributed by atoms with Crippen LogP contribution in [0.25, 0.3) is 0 Å². The normalized spacial score (nSPS) is 20.8. The minimum atomic E-state index is -4.63. The predicted octanol–water partition coefficient (Wildman–Crippen LogP) is 3.45. The Hall–Kier alpha value is -2.45. The maximum atomic E-state index is 13.1. The van der Waals surface area contributed by atoms with E-state index in [1.807, 2.05) is 0 Å². The molecule has 2 heterocycles. The molecule has 1 aliphatic rings. The number of hydrogen-bond donors (Lipinski definition) is 0. The van der Waals surface area contributed by atoms with E-state index in [1.165, 1.54) is 4.90 Å². The first-order valence-corrected chi connectivity index (χ1v) is 8.46. The van der Waals surface area contributed by atoms with Crippen molar-refractivity contribution in [2.24, 2.45) is 13.0 Å². The minimum absolute atomic E-state index is 0.0987. The number of amides is 1. The molecule has 0 atom stereocenters. The van der Waals surface area contributed by atoms with E-state index in [-0.39, 0.29) is 11.7 Å². The Morgan fingerprint density at radius 3 is 2.50 bits per heavy atom. The highest BCUT2D eigenvalue weighted by Gasteiger charge is 2.36. The molecular formula is C17H20F3N5O. The summed E-state index contributed by atoms with van der Waals surface area (Å²) >= 11 is 0. The van der Waals surface area contributed by atoms with E-state index < -0.39 is 17.8 Å². The summed E-state index contributed by atoms with van der Waals surface area (Å²) in [4.78, 5) is 25.7. The van der Waals surface area contributed by atoms with Crippen molar-refractivity contribution in [1.82, 2.24) is 19.5 Å². The molecule has 1 amide bonds. The molecule has 26 heavy (non-hydrogen) atoms. The highest BCUT2D eigenvalue weighted by molar-refractivity contribution is 6.04. The second-order valence-electron chi connectivity index (χ2n) is 6.74. The zero-order valence-corrected chi connectivity index (χ0v) is 14.6. The van der Waals surface area contributed by atoms with Crippen molar-refractivity contribution in [3.05, 3.63) is 36.3 Å². The molecule has 1 aliphatic carbocycles. The number of carbonyl (C=O) groups excluding carboxylic acids is 1. The lowest BCUT2D eigenvalue weighted by atomic mass is 9.86. The Morgan fingerprint density at radius 1 is 1.23 bits per heavy atom. The van der Waals surface area contributed by atoms with Crippen LogP contribution in [0.4, 0.5) is 19.0 Å². The van der Waals surface area contributed by atoms with Gasteiger partial charge in [-0.3, -0.25) is 9.69 Å². The molecule has 0 aliphatic heterocycles. The number of nitrogens with zero attached hydrogens (tertiary/aromatic N) is 5. The van der Waals surface area contributed by atoms with E-state index >= 15 is 0 Å². The number of aryl methyl sites for hydroxylation is 1. The fourth-order valence-corrected chi connectivity index (χ4v) is 3.29. The van der Waals surface area contributed by atoms with Crippen LogP contribution in [0.3, 0.4) is 0 Å². The van der Waals surface area contributed by atoms with E-state index in [9.17, 15) is 18.0 Å². The lowest BCUT2D eigenvalue weighted by Crippen LogP contribution is -2.43. The Kier molecular flexibility index (Phi) is 4.97. The average molecular weight is 367 g/mol. The van der Waals surface area contributed by atoms with Gasteiger partial charge in [0, 0.05) is 19.2 Å². The third-order valence-electron chi connectivity index (χ3n) is 4.78. The van der Waals surface area contributed by atoms with Gasteiger partial charge in [0.2, 0.25) is 0 Å². The molecule has 0 N–H and O–H groups in total. The number of hydrogen-bond acceptors (Lipinski definition) is 4. The van der Waals surface area contributed by atoms with Crippen LogP contribution in [0, 0.1) is 5.92 Å². The van der Waals surface area contributed by atoms with E-state index in [0.29, 0.717) is 17.8 Å². The summed E-state index contributed by atoms with van der Waals surface area (Å²) in [7, 11) is 1.75. The van der Waals surface area contributed by atoms with Gasteiger partial charge in [-0.1, -0.05) is 6.92 Å². The standard InChI is InChI=1S/C17H20F3N5O/c1-11-3-5-12(6-4-11)25(15-8-21-10-24(15)2)16(26)13-7-14(17(18,19)20)23-9-22-13/h7-12H,3-6H2,1-2H3. The number of rotatable bonds is 3. The third kappa shape index (κ3) is 3.71. The molecular weight excluding hydrogens is 347 g/mol. The fraction of sp³-hybridized carbons (Fsp3) is 0.529. The van der Waals surface area contributed by atoms with Crippen LogP contribution < -0.4 is 4.90 Å². The fourth-order valence-electron chi connectivity index (χ4n) is 3.29. The summed E-state index contributed by atoms with van der Waals surface area (Å²) in [6, 6.07) is 0.607. The number of anilines is 1. The van der Waals surface area contributed by atoms with Crippen molar-refractivity contribution in [3.8, 4) is 0 Å². The molecule has 0 radical (unpaired) electrons. The van der Waals surface area contributed by atoms with Gasteiger partial charge in [-0.05, 0) is 31.6 Å². The largest absolute Gasteiger partial charge is 0.433 e. The number of imidazole rings is 1. The van der Waals surface area contributed by atoms with Crippen molar-refractivity contribution in [2.75, 3.05) is 4.90 Å². The quantitative estimate of drug-likeness (QED) is 0.834. The third-order valence-corrected chi connectivity index (χ3v) is 4.78. The molecule has 2 aromatic rings. The SMILES string of the molecule is CC1CCC(N(C(=O)c2cc(C(F)(F)F)ncn2)c2cncn2C)CC1. The van der Waals surface area contributed by atoms with Crippen LogP contribution >= 0.6 is 0 Å². The molecule has 6 nitrogen and oxygen atoms in total.